The topological polar surface area (TPSA) is 92.8 Å². The van der Waals surface area contributed by atoms with E-state index in [1.807, 2.05) is 13.8 Å². The Morgan fingerprint density at radius 1 is 1.30 bits per heavy atom. The van der Waals surface area contributed by atoms with Crippen molar-refractivity contribution in [3.8, 4) is 0 Å². The summed E-state index contributed by atoms with van der Waals surface area (Å²) >= 11 is 0. The zero-order chi connectivity index (χ0) is 14.7. The van der Waals surface area contributed by atoms with Gasteiger partial charge in [-0.3, -0.25) is 14.3 Å². The molecule has 0 aliphatic rings. The Hall–Kier alpha value is -1.89. The molecule has 0 aliphatic carbocycles. The highest BCUT2D eigenvalue weighted by Crippen LogP contribution is 2.10. The first kappa shape index (κ1) is 14.5. The molecular formula is C13H20N4O3. The third kappa shape index (κ3) is 2.82. The van der Waals surface area contributed by atoms with Gasteiger partial charge in [-0.2, -0.15) is 0 Å². The van der Waals surface area contributed by atoms with Gasteiger partial charge in [-0.1, -0.05) is 13.3 Å². The molecule has 110 valence electrons. The van der Waals surface area contributed by atoms with E-state index in [1.54, 1.807) is 0 Å². The predicted octanol–water partition coefficient (Wildman–Crippen LogP) is 1.31. The van der Waals surface area contributed by atoms with Crippen LogP contribution >= 0.6 is 0 Å². The van der Waals surface area contributed by atoms with Crippen LogP contribution in [0.1, 0.15) is 45.5 Å². The van der Waals surface area contributed by atoms with Gasteiger partial charge in [0.2, 0.25) is 0 Å². The number of nitrogens with one attached hydrogen (secondary N) is 2. The van der Waals surface area contributed by atoms with Crippen LogP contribution in [0.25, 0.3) is 11.2 Å². The lowest BCUT2D eigenvalue weighted by molar-refractivity contribution is 0.113. The maximum atomic E-state index is 11.8. The van der Waals surface area contributed by atoms with Crippen LogP contribution in [-0.2, 0) is 11.3 Å². The number of imidazole rings is 1. The molecule has 2 aromatic rings. The molecule has 0 bridgehead atoms. The number of fused-ring (bicyclic) bond motifs is 1. The van der Waals surface area contributed by atoms with Crippen molar-refractivity contribution in [3.05, 3.63) is 26.7 Å². The van der Waals surface area contributed by atoms with Crippen molar-refractivity contribution in [1.29, 1.82) is 0 Å². The monoisotopic (exact) mass is 280 g/mol. The maximum absolute atomic E-state index is 11.8. The first-order chi connectivity index (χ1) is 9.54. The van der Waals surface area contributed by atoms with E-state index in [9.17, 15) is 9.59 Å². The minimum Gasteiger partial charge on any atom is -0.374 e. The molecule has 2 N–H and O–H groups in total. The molecule has 0 unspecified atom stereocenters. The molecule has 2 rings (SSSR count). The number of aromatic amines is 2. The van der Waals surface area contributed by atoms with Gasteiger partial charge in [0.15, 0.2) is 5.65 Å². The summed E-state index contributed by atoms with van der Waals surface area (Å²) in [4.78, 5) is 33.1. The smallest absolute Gasteiger partial charge is 0.330 e. The minimum atomic E-state index is -0.450. The molecule has 0 radical (unpaired) electrons. The number of nitrogens with zero attached hydrogens (tertiary/aromatic N) is 2. The van der Waals surface area contributed by atoms with E-state index in [4.69, 9.17) is 4.74 Å². The van der Waals surface area contributed by atoms with Crippen molar-refractivity contribution in [2.45, 2.75) is 46.3 Å². The molecule has 2 heterocycles. The molecule has 0 spiro atoms. The molecule has 0 aromatic carbocycles. The summed E-state index contributed by atoms with van der Waals surface area (Å²) in [6.45, 7) is 6.78. The summed E-state index contributed by atoms with van der Waals surface area (Å²) in [5, 5.41) is 0. The van der Waals surface area contributed by atoms with E-state index in [-0.39, 0.29) is 6.04 Å². The summed E-state index contributed by atoms with van der Waals surface area (Å²) in [6, 6.07) is -0.0843. The van der Waals surface area contributed by atoms with E-state index in [0.29, 0.717) is 30.2 Å². The zero-order valence-corrected chi connectivity index (χ0v) is 12.0. The number of ether oxygens (including phenoxy) is 1. The molecule has 0 saturated heterocycles. The van der Waals surface area contributed by atoms with Crippen LogP contribution in [0.15, 0.2) is 9.59 Å². The number of aromatic nitrogens is 4. The number of unbranched alkanes of at least 4 members (excludes halogenated alkanes) is 1. The van der Waals surface area contributed by atoms with Crippen molar-refractivity contribution in [2.24, 2.45) is 0 Å². The molecule has 0 saturated carbocycles. The van der Waals surface area contributed by atoms with Gasteiger partial charge >= 0.3 is 5.69 Å². The van der Waals surface area contributed by atoms with Crippen LogP contribution in [-0.4, -0.2) is 26.1 Å². The average Bonchev–Trinajstić information content (AvgIpc) is 2.78. The fourth-order valence-corrected chi connectivity index (χ4v) is 2.02. The van der Waals surface area contributed by atoms with Gasteiger partial charge in [0.05, 0.1) is 0 Å². The van der Waals surface area contributed by atoms with Gasteiger partial charge in [0.25, 0.3) is 5.56 Å². The SMILES string of the molecule is CCCCOCc1nc2c([nH]1)c(=O)[nH]c(=O)n2C(C)C. The first-order valence-corrected chi connectivity index (χ1v) is 6.85. The Labute approximate surface area is 116 Å². The van der Waals surface area contributed by atoms with E-state index in [1.165, 1.54) is 4.57 Å². The summed E-state index contributed by atoms with van der Waals surface area (Å²) < 4.78 is 6.93. The second-order valence-corrected chi connectivity index (χ2v) is 5.01. The van der Waals surface area contributed by atoms with E-state index in [0.717, 1.165) is 12.8 Å². The van der Waals surface area contributed by atoms with Gasteiger partial charge in [0, 0.05) is 12.6 Å². The van der Waals surface area contributed by atoms with E-state index in [2.05, 4.69) is 21.9 Å². The summed E-state index contributed by atoms with van der Waals surface area (Å²) in [6.07, 6.45) is 2.05. The predicted molar refractivity (Wildman–Crippen MR) is 75.9 cm³/mol. The quantitative estimate of drug-likeness (QED) is 0.780. The summed E-state index contributed by atoms with van der Waals surface area (Å²) in [5.41, 5.74) is -0.202. The highest BCUT2D eigenvalue weighted by Gasteiger charge is 2.14. The van der Waals surface area contributed by atoms with Crippen LogP contribution in [0.3, 0.4) is 0 Å². The number of hydrogen-bond donors (Lipinski definition) is 2. The Morgan fingerprint density at radius 2 is 2.05 bits per heavy atom. The number of hydrogen-bond acceptors (Lipinski definition) is 4. The largest absolute Gasteiger partial charge is 0.374 e. The lowest BCUT2D eigenvalue weighted by Gasteiger charge is -2.08. The average molecular weight is 280 g/mol. The molecule has 0 amide bonds. The zero-order valence-electron chi connectivity index (χ0n) is 12.0. The van der Waals surface area contributed by atoms with Gasteiger partial charge in [-0.15, -0.1) is 0 Å². The van der Waals surface area contributed by atoms with Crippen LogP contribution < -0.4 is 11.2 Å². The van der Waals surface area contributed by atoms with Crippen molar-refractivity contribution in [3.63, 3.8) is 0 Å². The Kier molecular flexibility index (Phi) is 4.39. The lowest BCUT2D eigenvalue weighted by atomic mass is 10.4. The van der Waals surface area contributed by atoms with Crippen LogP contribution in [0.4, 0.5) is 0 Å². The standard InChI is InChI=1S/C13H20N4O3/c1-4-5-6-20-7-9-14-10-11(15-9)17(8(2)3)13(19)16-12(10)18/h8H,4-7H2,1-3H3,(H,14,15)(H,16,18,19). The third-order valence-electron chi connectivity index (χ3n) is 3.03. The number of H-pyrrole nitrogens is 2. The second kappa shape index (κ2) is 6.04. The minimum absolute atomic E-state index is 0.0843. The number of rotatable bonds is 6. The van der Waals surface area contributed by atoms with Crippen molar-refractivity contribution < 1.29 is 4.74 Å². The molecule has 20 heavy (non-hydrogen) atoms. The van der Waals surface area contributed by atoms with Gasteiger partial charge < -0.3 is 9.72 Å². The van der Waals surface area contributed by atoms with Crippen molar-refractivity contribution in [2.75, 3.05) is 6.61 Å². The normalized spacial score (nSPS) is 11.6. The maximum Gasteiger partial charge on any atom is 0.330 e. The van der Waals surface area contributed by atoms with Gasteiger partial charge in [-0.25, -0.2) is 9.78 Å². The Morgan fingerprint density at radius 3 is 2.70 bits per heavy atom. The Bertz CT molecular complexity index is 696. The molecule has 7 nitrogen and oxygen atoms in total. The van der Waals surface area contributed by atoms with Crippen molar-refractivity contribution >= 4 is 11.2 Å². The molecule has 0 aliphatic heterocycles. The van der Waals surface area contributed by atoms with Crippen LogP contribution in [0.5, 0.6) is 0 Å². The lowest BCUT2D eigenvalue weighted by Crippen LogP contribution is -2.31. The molecule has 0 fully saturated rings. The molecule has 2 aromatic heterocycles. The van der Waals surface area contributed by atoms with Crippen LogP contribution in [0.2, 0.25) is 0 Å². The molecule has 0 atom stereocenters. The van der Waals surface area contributed by atoms with Gasteiger partial charge in [0.1, 0.15) is 17.9 Å². The van der Waals surface area contributed by atoms with Gasteiger partial charge in [-0.05, 0) is 20.3 Å². The summed E-state index contributed by atoms with van der Waals surface area (Å²) in [5.74, 6) is 0.557. The second-order valence-electron chi connectivity index (χ2n) is 5.01. The van der Waals surface area contributed by atoms with Crippen LogP contribution in [0, 0.1) is 0 Å². The first-order valence-electron chi connectivity index (χ1n) is 6.85. The Balaban J connectivity index is 2.37. The highest BCUT2D eigenvalue weighted by atomic mass is 16.5. The fourth-order valence-electron chi connectivity index (χ4n) is 2.02. The highest BCUT2D eigenvalue weighted by molar-refractivity contribution is 5.69. The molecule has 7 heteroatoms. The van der Waals surface area contributed by atoms with Crippen molar-refractivity contribution in [1.82, 2.24) is 19.5 Å². The molecular weight excluding hydrogens is 260 g/mol. The fraction of sp³-hybridized carbons (Fsp3) is 0.615. The summed E-state index contributed by atoms with van der Waals surface area (Å²) in [7, 11) is 0. The third-order valence-corrected chi connectivity index (χ3v) is 3.03. The van der Waals surface area contributed by atoms with E-state index < -0.39 is 11.2 Å². The van der Waals surface area contributed by atoms with E-state index >= 15 is 0 Å².